The zero-order chi connectivity index (χ0) is 23.4. The molecule has 2 fully saturated rings. The summed E-state index contributed by atoms with van der Waals surface area (Å²) in [7, 11) is 1.72. The number of piperidine rings is 1. The molecule has 2 aliphatic rings. The number of amides is 3. The number of likely N-dealkylation sites (N-methyl/N-ethyl adjacent to an activating group) is 1. The van der Waals surface area contributed by atoms with E-state index in [1.807, 2.05) is 36.9 Å². The number of benzene rings is 1. The van der Waals surface area contributed by atoms with Gasteiger partial charge in [-0.3, -0.25) is 14.4 Å². The van der Waals surface area contributed by atoms with Crippen LogP contribution in [0.4, 0.5) is 0 Å². The largest absolute Gasteiger partial charge is 0.343 e. The number of hydrogen-bond donors (Lipinski definition) is 2. The minimum Gasteiger partial charge on any atom is -0.343 e. The zero-order valence-corrected chi connectivity index (χ0v) is 20.0. The number of likely N-dealkylation sites (tertiary alicyclic amines) is 2. The smallest absolute Gasteiger partial charge is 0.246 e. The molecular formula is C25H38N4O3. The highest BCUT2D eigenvalue weighted by Gasteiger charge is 2.50. The highest BCUT2D eigenvalue weighted by Crippen LogP contribution is 2.37. The average Bonchev–Trinajstić information content (AvgIpc) is 3.13. The van der Waals surface area contributed by atoms with Gasteiger partial charge in [-0.2, -0.15) is 0 Å². The van der Waals surface area contributed by atoms with Crippen molar-refractivity contribution in [2.75, 3.05) is 26.7 Å². The molecule has 2 saturated heterocycles. The molecule has 7 nitrogen and oxygen atoms in total. The molecule has 176 valence electrons. The standard InChI is InChI=1S/C25H38N4O3/c1-16(2)21(27-23(30)18(4)26-5)24(31)29-15-17(3)20-12-14-28(25(32)22(20)29)13-11-19-9-7-6-8-10-19/h6-10,16-18,20-22,26H,11-15H2,1-5H3,(H,27,30)/t17-,18+,20+,21+,22-/m1/s1. The Hall–Kier alpha value is -2.41. The molecule has 3 rings (SSSR count). The molecule has 0 bridgehead atoms. The van der Waals surface area contributed by atoms with E-state index in [0.717, 1.165) is 19.4 Å². The van der Waals surface area contributed by atoms with E-state index in [1.54, 1.807) is 18.9 Å². The predicted molar refractivity (Wildman–Crippen MR) is 125 cm³/mol. The van der Waals surface area contributed by atoms with Crippen LogP contribution in [0.5, 0.6) is 0 Å². The lowest BCUT2D eigenvalue weighted by Crippen LogP contribution is -2.59. The van der Waals surface area contributed by atoms with Crippen LogP contribution in [0.1, 0.15) is 39.7 Å². The lowest BCUT2D eigenvalue weighted by Gasteiger charge is -2.39. The van der Waals surface area contributed by atoms with Crippen LogP contribution < -0.4 is 10.6 Å². The van der Waals surface area contributed by atoms with Gasteiger partial charge in [0.1, 0.15) is 12.1 Å². The first-order valence-electron chi connectivity index (χ1n) is 11.8. The molecule has 0 aliphatic carbocycles. The monoisotopic (exact) mass is 442 g/mol. The van der Waals surface area contributed by atoms with Crippen molar-refractivity contribution in [2.45, 2.75) is 58.7 Å². The number of hydrogen-bond acceptors (Lipinski definition) is 4. The Labute approximate surface area is 191 Å². The van der Waals surface area contributed by atoms with Gasteiger partial charge in [0.25, 0.3) is 0 Å². The summed E-state index contributed by atoms with van der Waals surface area (Å²) in [5.74, 6) is 0.0743. The Kier molecular flexibility index (Phi) is 7.93. The molecular weight excluding hydrogens is 404 g/mol. The highest BCUT2D eigenvalue weighted by molar-refractivity contribution is 5.94. The maximum absolute atomic E-state index is 13.6. The van der Waals surface area contributed by atoms with E-state index in [2.05, 4.69) is 29.7 Å². The number of fused-ring (bicyclic) bond motifs is 1. The number of carbonyl (C=O) groups excluding carboxylic acids is 3. The fraction of sp³-hybridized carbons (Fsp3) is 0.640. The number of nitrogens with zero attached hydrogens (tertiary/aromatic N) is 2. The third kappa shape index (κ3) is 5.14. The quantitative estimate of drug-likeness (QED) is 0.642. The predicted octanol–water partition coefficient (Wildman–Crippen LogP) is 1.67. The maximum Gasteiger partial charge on any atom is 0.246 e. The maximum atomic E-state index is 13.6. The summed E-state index contributed by atoms with van der Waals surface area (Å²) in [5, 5.41) is 5.82. The van der Waals surface area contributed by atoms with Crippen molar-refractivity contribution in [3.05, 3.63) is 35.9 Å². The summed E-state index contributed by atoms with van der Waals surface area (Å²) in [6.07, 6.45) is 1.71. The van der Waals surface area contributed by atoms with Crippen LogP contribution in [0.15, 0.2) is 30.3 Å². The van der Waals surface area contributed by atoms with Crippen molar-refractivity contribution >= 4 is 17.7 Å². The van der Waals surface area contributed by atoms with E-state index in [-0.39, 0.29) is 41.5 Å². The summed E-state index contributed by atoms with van der Waals surface area (Å²) in [6, 6.07) is 8.71. The SMILES string of the molecule is CN[C@@H](C)C(=O)N[C@H](C(=O)N1C[C@@H](C)[C@@H]2CCN(CCc3ccccc3)C(=O)[C@@H]21)C(C)C. The normalized spacial score (nSPS) is 24.9. The van der Waals surface area contributed by atoms with E-state index in [4.69, 9.17) is 0 Å². The Bertz CT molecular complexity index is 813. The van der Waals surface area contributed by atoms with Crippen LogP contribution in [0.25, 0.3) is 0 Å². The second-order valence-corrected chi connectivity index (χ2v) is 9.67. The first-order valence-corrected chi connectivity index (χ1v) is 11.8. The van der Waals surface area contributed by atoms with Crippen molar-refractivity contribution in [3.63, 3.8) is 0 Å². The lowest BCUT2D eigenvalue weighted by atomic mass is 9.85. The van der Waals surface area contributed by atoms with Crippen LogP contribution in [0.3, 0.4) is 0 Å². The molecule has 0 aromatic heterocycles. The summed E-state index contributed by atoms with van der Waals surface area (Å²) >= 11 is 0. The van der Waals surface area contributed by atoms with Crippen LogP contribution in [0.2, 0.25) is 0 Å². The van der Waals surface area contributed by atoms with E-state index in [1.165, 1.54) is 5.56 Å². The molecule has 0 saturated carbocycles. The first kappa shape index (κ1) is 24.2. The van der Waals surface area contributed by atoms with Gasteiger partial charge in [0, 0.05) is 19.6 Å². The molecule has 2 heterocycles. The Morgan fingerprint density at radius 3 is 2.47 bits per heavy atom. The van der Waals surface area contributed by atoms with Crippen LogP contribution in [-0.4, -0.2) is 72.3 Å². The van der Waals surface area contributed by atoms with Gasteiger partial charge in [-0.1, -0.05) is 51.1 Å². The van der Waals surface area contributed by atoms with Crippen molar-refractivity contribution in [1.29, 1.82) is 0 Å². The van der Waals surface area contributed by atoms with Crippen molar-refractivity contribution in [2.24, 2.45) is 17.8 Å². The molecule has 1 aromatic rings. The van der Waals surface area contributed by atoms with Gasteiger partial charge in [-0.05, 0) is 50.1 Å². The molecule has 2 aliphatic heterocycles. The molecule has 5 atom stereocenters. The van der Waals surface area contributed by atoms with E-state index < -0.39 is 12.1 Å². The van der Waals surface area contributed by atoms with Gasteiger partial charge >= 0.3 is 0 Å². The zero-order valence-electron chi connectivity index (χ0n) is 20.0. The number of nitrogens with one attached hydrogen (secondary N) is 2. The fourth-order valence-electron chi connectivity index (χ4n) is 4.92. The number of carbonyl (C=O) groups is 3. The molecule has 0 spiro atoms. The molecule has 0 unspecified atom stereocenters. The van der Waals surface area contributed by atoms with E-state index >= 15 is 0 Å². The lowest BCUT2D eigenvalue weighted by molar-refractivity contribution is -0.149. The van der Waals surface area contributed by atoms with Gasteiger partial charge in [0.15, 0.2) is 0 Å². The Morgan fingerprint density at radius 1 is 1.16 bits per heavy atom. The van der Waals surface area contributed by atoms with Gasteiger partial charge in [0.2, 0.25) is 17.7 Å². The third-order valence-corrected chi connectivity index (χ3v) is 7.11. The van der Waals surface area contributed by atoms with Gasteiger partial charge in [0.05, 0.1) is 6.04 Å². The Morgan fingerprint density at radius 2 is 1.84 bits per heavy atom. The van der Waals surface area contributed by atoms with Gasteiger partial charge < -0.3 is 20.4 Å². The van der Waals surface area contributed by atoms with E-state index in [9.17, 15) is 14.4 Å². The first-order chi connectivity index (χ1) is 15.2. The molecule has 1 aromatic carbocycles. The summed E-state index contributed by atoms with van der Waals surface area (Å²) in [4.78, 5) is 43.2. The average molecular weight is 443 g/mol. The molecule has 2 N–H and O–H groups in total. The Balaban J connectivity index is 1.73. The highest BCUT2D eigenvalue weighted by atomic mass is 16.2. The van der Waals surface area contributed by atoms with E-state index in [0.29, 0.717) is 13.1 Å². The van der Waals surface area contributed by atoms with Crippen LogP contribution >= 0.6 is 0 Å². The van der Waals surface area contributed by atoms with Crippen LogP contribution in [0, 0.1) is 17.8 Å². The second-order valence-electron chi connectivity index (χ2n) is 9.67. The number of rotatable bonds is 8. The van der Waals surface area contributed by atoms with Gasteiger partial charge in [-0.25, -0.2) is 0 Å². The summed E-state index contributed by atoms with van der Waals surface area (Å²) in [5.41, 5.74) is 1.20. The summed E-state index contributed by atoms with van der Waals surface area (Å²) < 4.78 is 0. The van der Waals surface area contributed by atoms with Gasteiger partial charge in [-0.15, -0.1) is 0 Å². The molecule has 32 heavy (non-hydrogen) atoms. The topological polar surface area (TPSA) is 81.8 Å². The molecule has 3 amide bonds. The minimum atomic E-state index is -0.642. The fourth-order valence-corrected chi connectivity index (χ4v) is 4.92. The van der Waals surface area contributed by atoms with Crippen molar-refractivity contribution < 1.29 is 14.4 Å². The van der Waals surface area contributed by atoms with Crippen molar-refractivity contribution in [3.8, 4) is 0 Å². The summed E-state index contributed by atoms with van der Waals surface area (Å²) in [6.45, 7) is 9.71. The molecule has 7 heteroatoms. The third-order valence-electron chi connectivity index (χ3n) is 7.11. The van der Waals surface area contributed by atoms with Crippen LogP contribution in [-0.2, 0) is 20.8 Å². The minimum absolute atomic E-state index is 0.0484. The second kappa shape index (κ2) is 10.5. The molecule has 0 radical (unpaired) electrons. The van der Waals surface area contributed by atoms with Crippen molar-refractivity contribution in [1.82, 2.24) is 20.4 Å².